The Morgan fingerprint density at radius 1 is 1.24 bits per heavy atom. The van der Waals surface area contributed by atoms with Crippen molar-refractivity contribution in [2.45, 2.75) is 38.0 Å². The van der Waals surface area contributed by atoms with Crippen LogP contribution in [0.15, 0.2) is 30.3 Å². The van der Waals surface area contributed by atoms with Crippen molar-refractivity contribution in [2.75, 3.05) is 13.1 Å². The lowest BCUT2D eigenvalue weighted by atomic mass is 10.1. The fraction of sp³-hybridized carbons (Fsp3) is 0.571. The summed E-state index contributed by atoms with van der Waals surface area (Å²) in [6.07, 6.45) is 2.97. The zero-order chi connectivity index (χ0) is 12.1. The van der Waals surface area contributed by atoms with Crippen LogP contribution >= 0.6 is 0 Å². The number of aliphatic hydroxyl groups is 1. The van der Waals surface area contributed by atoms with E-state index in [2.05, 4.69) is 29.2 Å². The molecule has 0 amide bonds. The van der Waals surface area contributed by atoms with Crippen LogP contribution in [0.1, 0.15) is 24.8 Å². The highest BCUT2D eigenvalue weighted by Crippen LogP contribution is 2.25. The third-order valence-electron chi connectivity index (χ3n) is 3.56. The molecule has 1 aliphatic rings. The summed E-state index contributed by atoms with van der Waals surface area (Å²) in [6.45, 7) is 2.40. The summed E-state index contributed by atoms with van der Waals surface area (Å²) in [5.41, 5.74) is 6.96. The van der Waals surface area contributed by atoms with Gasteiger partial charge in [-0.1, -0.05) is 30.3 Å². The minimum atomic E-state index is -0.176. The summed E-state index contributed by atoms with van der Waals surface area (Å²) in [5.74, 6) is 0. The van der Waals surface area contributed by atoms with Crippen molar-refractivity contribution in [1.29, 1.82) is 0 Å². The van der Waals surface area contributed by atoms with Crippen LogP contribution in [0, 0.1) is 0 Å². The van der Waals surface area contributed by atoms with E-state index >= 15 is 0 Å². The van der Waals surface area contributed by atoms with E-state index in [4.69, 9.17) is 5.73 Å². The molecular weight excluding hydrogens is 212 g/mol. The number of rotatable bonds is 5. The van der Waals surface area contributed by atoms with Gasteiger partial charge in [-0.2, -0.15) is 0 Å². The molecule has 0 bridgehead atoms. The Morgan fingerprint density at radius 3 is 2.59 bits per heavy atom. The molecule has 3 nitrogen and oxygen atoms in total. The van der Waals surface area contributed by atoms with Gasteiger partial charge in [0.25, 0.3) is 0 Å². The standard InChI is InChI=1S/C14H22N2O/c15-9-10-16(13-7-4-8-14(13)17)11-12-5-2-1-3-6-12/h1-3,5-6,13-14,17H,4,7-11,15H2. The summed E-state index contributed by atoms with van der Waals surface area (Å²) < 4.78 is 0. The van der Waals surface area contributed by atoms with Crippen molar-refractivity contribution >= 4 is 0 Å². The lowest BCUT2D eigenvalue weighted by Gasteiger charge is -2.30. The Balaban J connectivity index is 2.02. The van der Waals surface area contributed by atoms with Gasteiger partial charge < -0.3 is 10.8 Å². The topological polar surface area (TPSA) is 49.5 Å². The average Bonchev–Trinajstić information content (AvgIpc) is 2.76. The Hall–Kier alpha value is -0.900. The molecule has 0 aliphatic heterocycles. The molecule has 2 rings (SSSR count). The van der Waals surface area contributed by atoms with E-state index in [0.717, 1.165) is 32.4 Å². The van der Waals surface area contributed by atoms with Crippen LogP contribution in [0.25, 0.3) is 0 Å². The molecule has 17 heavy (non-hydrogen) atoms. The third-order valence-corrected chi connectivity index (χ3v) is 3.56. The number of nitrogens with two attached hydrogens (primary N) is 1. The molecule has 1 fully saturated rings. The van der Waals surface area contributed by atoms with Gasteiger partial charge in [0, 0.05) is 25.7 Å². The van der Waals surface area contributed by atoms with Crippen LogP contribution in [0.5, 0.6) is 0 Å². The summed E-state index contributed by atoms with van der Waals surface area (Å²) in [6, 6.07) is 10.7. The molecule has 2 atom stereocenters. The van der Waals surface area contributed by atoms with E-state index in [1.54, 1.807) is 0 Å². The monoisotopic (exact) mass is 234 g/mol. The molecule has 0 heterocycles. The first kappa shape index (κ1) is 12.6. The second-order valence-corrected chi connectivity index (χ2v) is 4.81. The number of hydrogen-bond acceptors (Lipinski definition) is 3. The number of hydrogen-bond donors (Lipinski definition) is 2. The van der Waals surface area contributed by atoms with Gasteiger partial charge in [-0.05, 0) is 24.8 Å². The molecule has 0 radical (unpaired) electrons. The van der Waals surface area contributed by atoms with Gasteiger partial charge in [0.05, 0.1) is 6.10 Å². The number of aliphatic hydroxyl groups excluding tert-OH is 1. The minimum absolute atomic E-state index is 0.176. The Kier molecular flexibility index (Phi) is 4.54. The quantitative estimate of drug-likeness (QED) is 0.809. The predicted molar refractivity (Wildman–Crippen MR) is 69.6 cm³/mol. The first-order valence-electron chi connectivity index (χ1n) is 6.47. The molecule has 0 spiro atoms. The SMILES string of the molecule is NCCN(Cc1ccccc1)C1CCCC1O. The van der Waals surface area contributed by atoms with Gasteiger partial charge >= 0.3 is 0 Å². The van der Waals surface area contributed by atoms with Crippen molar-refractivity contribution in [3.05, 3.63) is 35.9 Å². The lowest BCUT2D eigenvalue weighted by molar-refractivity contribution is 0.0678. The summed E-state index contributed by atoms with van der Waals surface area (Å²) in [4.78, 5) is 2.33. The highest BCUT2D eigenvalue weighted by atomic mass is 16.3. The molecule has 1 saturated carbocycles. The van der Waals surface area contributed by atoms with Gasteiger partial charge in [-0.15, -0.1) is 0 Å². The lowest BCUT2D eigenvalue weighted by Crippen LogP contribution is -2.42. The Morgan fingerprint density at radius 2 is 2.00 bits per heavy atom. The molecule has 94 valence electrons. The molecule has 0 saturated heterocycles. The van der Waals surface area contributed by atoms with Crippen molar-refractivity contribution < 1.29 is 5.11 Å². The highest BCUT2D eigenvalue weighted by molar-refractivity contribution is 5.14. The fourth-order valence-electron chi connectivity index (χ4n) is 2.69. The summed E-state index contributed by atoms with van der Waals surface area (Å²) in [5, 5.41) is 9.98. The Bertz CT molecular complexity index is 328. The summed E-state index contributed by atoms with van der Waals surface area (Å²) >= 11 is 0. The van der Waals surface area contributed by atoms with E-state index in [-0.39, 0.29) is 6.10 Å². The fourth-order valence-corrected chi connectivity index (χ4v) is 2.69. The van der Waals surface area contributed by atoms with Crippen LogP contribution in [0.3, 0.4) is 0 Å². The van der Waals surface area contributed by atoms with Crippen LogP contribution in [0.2, 0.25) is 0 Å². The van der Waals surface area contributed by atoms with Crippen LogP contribution in [-0.4, -0.2) is 35.2 Å². The minimum Gasteiger partial charge on any atom is -0.391 e. The van der Waals surface area contributed by atoms with Crippen molar-refractivity contribution in [2.24, 2.45) is 5.73 Å². The van der Waals surface area contributed by atoms with Crippen LogP contribution < -0.4 is 5.73 Å². The van der Waals surface area contributed by atoms with E-state index in [0.29, 0.717) is 12.6 Å². The van der Waals surface area contributed by atoms with Gasteiger partial charge in [-0.3, -0.25) is 4.90 Å². The smallest absolute Gasteiger partial charge is 0.0695 e. The maximum Gasteiger partial charge on any atom is 0.0695 e. The van der Waals surface area contributed by atoms with Gasteiger partial charge in [0.15, 0.2) is 0 Å². The van der Waals surface area contributed by atoms with Crippen molar-refractivity contribution in [3.63, 3.8) is 0 Å². The second kappa shape index (κ2) is 6.15. The first-order valence-corrected chi connectivity index (χ1v) is 6.47. The molecule has 0 aromatic heterocycles. The number of benzene rings is 1. The molecule has 3 heteroatoms. The second-order valence-electron chi connectivity index (χ2n) is 4.81. The maximum absolute atomic E-state index is 9.98. The number of nitrogens with zero attached hydrogens (tertiary/aromatic N) is 1. The molecule has 1 aliphatic carbocycles. The molecule has 2 unspecified atom stereocenters. The van der Waals surface area contributed by atoms with Crippen LogP contribution in [-0.2, 0) is 6.54 Å². The maximum atomic E-state index is 9.98. The van der Waals surface area contributed by atoms with E-state index in [1.165, 1.54) is 5.56 Å². The molecule has 1 aromatic rings. The third kappa shape index (κ3) is 3.28. The van der Waals surface area contributed by atoms with Gasteiger partial charge in [0.1, 0.15) is 0 Å². The van der Waals surface area contributed by atoms with Gasteiger partial charge in [0.2, 0.25) is 0 Å². The first-order chi connectivity index (χ1) is 8.31. The van der Waals surface area contributed by atoms with Gasteiger partial charge in [-0.25, -0.2) is 0 Å². The van der Waals surface area contributed by atoms with Crippen molar-refractivity contribution in [3.8, 4) is 0 Å². The molecule has 3 N–H and O–H groups in total. The van der Waals surface area contributed by atoms with Crippen LogP contribution in [0.4, 0.5) is 0 Å². The van der Waals surface area contributed by atoms with Crippen molar-refractivity contribution in [1.82, 2.24) is 4.90 Å². The van der Waals surface area contributed by atoms with E-state index < -0.39 is 0 Å². The molecular formula is C14H22N2O. The average molecular weight is 234 g/mol. The zero-order valence-electron chi connectivity index (χ0n) is 10.3. The predicted octanol–water partition coefficient (Wildman–Crippen LogP) is 1.36. The largest absolute Gasteiger partial charge is 0.391 e. The van der Waals surface area contributed by atoms with E-state index in [1.807, 2.05) is 6.07 Å². The van der Waals surface area contributed by atoms with E-state index in [9.17, 15) is 5.11 Å². The zero-order valence-corrected chi connectivity index (χ0v) is 10.3. The molecule has 1 aromatic carbocycles. The summed E-state index contributed by atoms with van der Waals surface area (Å²) in [7, 11) is 0. The normalized spacial score (nSPS) is 24.4. The Labute approximate surface area is 103 Å². The highest BCUT2D eigenvalue weighted by Gasteiger charge is 2.30.